The molecule has 0 aliphatic heterocycles. The fraction of sp³-hybridized carbons (Fsp3) is 0.625. The van der Waals surface area contributed by atoms with Crippen LogP contribution in [0.15, 0.2) is 18.2 Å². The van der Waals surface area contributed by atoms with Crippen molar-refractivity contribution in [2.75, 3.05) is 13.7 Å². The van der Waals surface area contributed by atoms with Gasteiger partial charge in [0.2, 0.25) is 0 Å². The van der Waals surface area contributed by atoms with E-state index in [-0.39, 0.29) is 0 Å². The first-order chi connectivity index (χ1) is 8.95. The number of rotatable bonds is 7. The molecule has 1 aromatic rings. The first-order valence-corrected chi connectivity index (χ1v) is 7.36. The average Bonchev–Trinajstić information content (AvgIpc) is 2.33. The van der Waals surface area contributed by atoms with E-state index in [1.807, 2.05) is 18.2 Å². The van der Waals surface area contributed by atoms with Crippen LogP contribution in [0.1, 0.15) is 33.3 Å². The highest BCUT2D eigenvalue weighted by Gasteiger charge is 2.17. The van der Waals surface area contributed by atoms with Crippen LogP contribution >= 0.6 is 11.6 Å². The minimum Gasteiger partial charge on any atom is -0.496 e. The van der Waals surface area contributed by atoms with Gasteiger partial charge in [0, 0.05) is 17.1 Å². The highest BCUT2D eigenvalue weighted by atomic mass is 35.5. The summed E-state index contributed by atoms with van der Waals surface area (Å²) in [5.41, 5.74) is 1.11. The first-order valence-electron chi connectivity index (χ1n) is 6.98. The van der Waals surface area contributed by atoms with Crippen molar-refractivity contribution in [1.29, 1.82) is 0 Å². The lowest BCUT2D eigenvalue weighted by atomic mass is 9.85. The average molecular weight is 284 g/mol. The number of ether oxygens (including phenoxy) is 1. The predicted octanol–water partition coefficient (Wildman–Crippen LogP) is 4.37. The van der Waals surface area contributed by atoms with E-state index in [2.05, 4.69) is 33.0 Å². The normalized spacial score (nSPS) is 11.6. The third-order valence-electron chi connectivity index (χ3n) is 3.65. The lowest BCUT2D eigenvalue weighted by molar-refractivity contribution is 0.275. The van der Waals surface area contributed by atoms with Gasteiger partial charge in [0.1, 0.15) is 5.75 Å². The molecule has 0 aliphatic carbocycles. The molecular weight excluding hydrogens is 258 g/mol. The number of halogens is 1. The molecule has 1 aromatic carbocycles. The van der Waals surface area contributed by atoms with Gasteiger partial charge in [-0.3, -0.25) is 0 Å². The molecule has 3 heteroatoms. The van der Waals surface area contributed by atoms with Gasteiger partial charge in [0.15, 0.2) is 0 Å². The van der Waals surface area contributed by atoms with Crippen LogP contribution in [0, 0.1) is 17.8 Å². The van der Waals surface area contributed by atoms with E-state index in [0.717, 1.165) is 29.4 Å². The van der Waals surface area contributed by atoms with Crippen molar-refractivity contribution in [3.05, 3.63) is 28.8 Å². The zero-order valence-corrected chi connectivity index (χ0v) is 13.4. The third kappa shape index (κ3) is 5.04. The second kappa shape index (κ2) is 7.76. The van der Waals surface area contributed by atoms with Crippen LogP contribution in [0.4, 0.5) is 0 Å². The van der Waals surface area contributed by atoms with Crippen LogP contribution in [0.2, 0.25) is 5.02 Å². The van der Waals surface area contributed by atoms with Crippen molar-refractivity contribution in [3.8, 4) is 5.75 Å². The topological polar surface area (TPSA) is 21.3 Å². The van der Waals surface area contributed by atoms with Crippen molar-refractivity contribution in [3.63, 3.8) is 0 Å². The van der Waals surface area contributed by atoms with Crippen molar-refractivity contribution < 1.29 is 4.74 Å². The molecule has 0 aromatic heterocycles. The molecule has 1 rings (SSSR count). The van der Waals surface area contributed by atoms with Crippen molar-refractivity contribution >= 4 is 11.6 Å². The number of hydrogen-bond donors (Lipinski definition) is 1. The maximum atomic E-state index is 6.03. The molecule has 108 valence electrons. The maximum Gasteiger partial charge on any atom is 0.123 e. The van der Waals surface area contributed by atoms with E-state index in [9.17, 15) is 0 Å². The van der Waals surface area contributed by atoms with Crippen LogP contribution in [-0.4, -0.2) is 13.7 Å². The Morgan fingerprint density at radius 1 is 1.16 bits per heavy atom. The molecule has 19 heavy (non-hydrogen) atoms. The van der Waals surface area contributed by atoms with Gasteiger partial charge in [-0.2, -0.15) is 0 Å². The minimum atomic E-state index is 0.685. The molecule has 0 fully saturated rings. The standard InChI is InChI=1S/C16H26ClNO/c1-11(2)15(12(3)4)10-18-9-13-8-14(17)6-7-16(13)19-5/h6-8,11-12,15,18H,9-10H2,1-5H3. The Hall–Kier alpha value is -0.730. The largest absolute Gasteiger partial charge is 0.496 e. The maximum absolute atomic E-state index is 6.03. The summed E-state index contributed by atoms with van der Waals surface area (Å²) in [6.07, 6.45) is 0. The molecule has 1 N–H and O–H groups in total. The van der Waals surface area contributed by atoms with Gasteiger partial charge in [0.25, 0.3) is 0 Å². The molecule has 0 atom stereocenters. The van der Waals surface area contributed by atoms with Crippen molar-refractivity contribution in [2.45, 2.75) is 34.2 Å². The molecule has 0 saturated heterocycles. The summed E-state index contributed by atoms with van der Waals surface area (Å²) in [6, 6.07) is 5.74. The molecule has 0 bridgehead atoms. The Bertz CT molecular complexity index is 382. The lowest BCUT2D eigenvalue weighted by Crippen LogP contribution is -2.29. The summed E-state index contributed by atoms with van der Waals surface area (Å²) >= 11 is 6.03. The van der Waals surface area contributed by atoms with Gasteiger partial charge in [-0.15, -0.1) is 0 Å². The van der Waals surface area contributed by atoms with E-state index >= 15 is 0 Å². The number of benzene rings is 1. The summed E-state index contributed by atoms with van der Waals surface area (Å²) in [5, 5.41) is 4.28. The van der Waals surface area contributed by atoms with Crippen LogP contribution in [-0.2, 0) is 6.54 Å². The van der Waals surface area contributed by atoms with E-state index in [4.69, 9.17) is 16.3 Å². The summed E-state index contributed by atoms with van der Waals surface area (Å²) in [6.45, 7) is 10.9. The van der Waals surface area contributed by atoms with Crippen LogP contribution in [0.3, 0.4) is 0 Å². The fourth-order valence-electron chi connectivity index (χ4n) is 2.50. The third-order valence-corrected chi connectivity index (χ3v) is 3.89. The van der Waals surface area contributed by atoms with E-state index < -0.39 is 0 Å². The molecule has 0 amide bonds. The second-order valence-electron chi connectivity index (χ2n) is 5.74. The number of nitrogens with one attached hydrogen (secondary N) is 1. The summed E-state index contributed by atoms with van der Waals surface area (Å²) in [7, 11) is 1.69. The van der Waals surface area contributed by atoms with Crippen molar-refractivity contribution in [2.24, 2.45) is 17.8 Å². The SMILES string of the molecule is COc1ccc(Cl)cc1CNCC(C(C)C)C(C)C. The van der Waals surface area contributed by atoms with Gasteiger partial charge in [-0.25, -0.2) is 0 Å². The van der Waals surface area contributed by atoms with E-state index in [0.29, 0.717) is 17.8 Å². The number of methoxy groups -OCH3 is 1. The van der Waals surface area contributed by atoms with Crippen molar-refractivity contribution in [1.82, 2.24) is 5.32 Å². The minimum absolute atomic E-state index is 0.685. The molecule has 0 heterocycles. The van der Waals surface area contributed by atoms with Gasteiger partial charge >= 0.3 is 0 Å². The Morgan fingerprint density at radius 3 is 2.32 bits per heavy atom. The molecule has 0 unspecified atom stereocenters. The zero-order valence-electron chi connectivity index (χ0n) is 12.7. The Labute approximate surface area is 122 Å². The molecule has 0 aliphatic rings. The highest BCUT2D eigenvalue weighted by molar-refractivity contribution is 6.30. The quantitative estimate of drug-likeness (QED) is 0.802. The summed E-state index contributed by atoms with van der Waals surface area (Å²) in [5.74, 6) is 2.95. The smallest absolute Gasteiger partial charge is 0.123 e. The molecule has 0 spiro atoms. The summed E-state index contributed by atoms with van der Waals surface area (Å²) < 4.78 is 5.35. The monoisotopic (exact) mass is 283 g/mol. The predicted molar refractivity (Wildman–Crippen MR) is 82.9 cm³/mol. The molecule has 0 saturated carbocycles. The second-order valence-corrected chi connectivity index (χ2v) is 6.18. The lowest BCUT2D eigenvalue weighted by Gasteiger charge is -2.25. The zero-order chi connectivity index (χ0) is 14.4. The van der Waals surface area contributed by atoms with Crippen LogP contribution in [0.5, 0.6) is 5.75 Å². The molecule has 2 nitrogen and oxygen atoms in total. The highest BCUT2D eigenvalue weighted by Crippen LogP contribution is 2.23. The van der Waals surface area contributed by atoms with E-state index in [1.165, 1.54) is 0 Å². The van der Waals surface area contributed by atoms with E-state index in [1.54, 1.807) is 7.11 Å². The van der Waals surface area contributed by atoms with Crippen LogP contribution in [0.25, 0.3) is 0 Å². The Morgan fingerprint density at radius 2 is 1.79 bits per heavy atom. The first kappa shape index (κ1) is 16.3. The summed E-state index contributed by atoms with van der Waals surface area (Å²) in [4.78, 5) is 0. The fourth-order valence-corrected chi connectivity index (χ4v) is 2.69. The number of hydrogen-bond acceptors (Lipinski definition) is 2. The molecule has 0 radical (unpaired) electrons. The Kier molecular flexibility index (Phi) is 6.67. The van der Waals surface area contributed by atoms with Gasteiger partial charge < -0.3 is 10.1 Å². The van der Waals surface area contributed by atoms with Gasteiger partial charge in [-0.1, -0.05) is 39.3 Å². The van der Waals surface area contributed by atoms with Crippen LogP contribution < -0.4 is 10.1 Å². The van der Waals surface area contributed by atoms with Gasteiger partial charge in [0.05, 0.1) is 7.11 Å². The van der Waals surface area contributed by atoms with Gasteiger partial charge in [-0.05, 0) is 42.5 Å². The molecular formula is C16H26ClNO. The Balaban J connectivity index is 2.59.